The van der Waals surface area contributed by atoms with Crippen LogP contribution in [-0.2, 0) is 6.42 Å². The van der Waals surface area contributed by atoms with Gasteiger partial charge in [-0.2, -0.15) is 0 Å². The summed E-state index contributed by atoms with van der Waals surface area (Å²) in [7, 11) is 0. The van der Waals surface area contributed by atoms with E-state index in [0.29, 0.717) is 0 Å². The van der Waals surface area contributed by atoms with Crippen molar-refractivity contribution in [2.45, 2.75) is 19.4 Å². The summed E-state index contributed by atoms with van der Waals surface area (Å²) in [5, 5.41) is 9.28. The van der Waals surface area contributed by atoms with Gasteiger partial charge in [0.2, 0.25) is 0 Å². The van der Waals surface area contributed by atoms with Gasteiger partial charge in [-0.05, 0) is 18.8 Å². The van der Waals surface area contributed by atoms with E-state index in [2.05, 4.69) is 0 Å². The van der Waals surface area contributed by atoms with Gasteiger partial charge in [0, 0.05) is 4.11 Å². The average molecular weight is 139 g/mol. The quantitative estimate of drug-likeness (QED) is 0.660. The van der Waals surface area contributed by atoms with Crippen LogP contribution in [0.5, 0.6) is 0 Å². The van der Waals surface area contributed by atoms with Gasteiger partial charge < -0.3 is 5.11 Å². The number of aliphatic hydroxyl groups excluding tert-OH is 1. The predicted molar refractivity (Wildman–Crippen MR) is 41.8 cm³/mol. The highest BCUT2D eigenvalue weighted by Gasteiger charge is 1.95. The van der Waals surface area contributed by atoms with Crippen molar-refractivity contribution in [3.05, 3.63) is 35.9 Å². The first kappa shape index (κ1) is 4.14. The van der Waals surface area contributed by atoms with Crippen LogP contribution in [0, 0.1) is 0 Å². The lowest BCUT2D eigenvalue weighted by atomic mass is 10.1. The van der Waals surface area contributed by atoms with E-state index in [1.54, 1.807) is 12.1 Å². The molecule has 0 aliphatic heterocycles. The summed E-state index contributed by atoms with van der Waals surface area (Å²) in [4.78, 5) is 0. The molecule has 1 aromatic rings. The third kappa shape index (κ3) is 2.19. The Morgan fingerprint density at radius 3 is 2.80 bits per heavy atom. The third-order valence-corrected chi connectivity index (χ3v) is 1.27. The maximum atomic E-state index is 9.28. The molecule has 54 valence electrons. The molecule has 1 unspecified atom stereocenters. The van der Waals surface area contributed by atoms with E-state index >= 15 is 0 Å². The number of rotatable bonds is 2. The normalized spacial score (nSPS) is 18.7. The molecule has 0 spiro atoms. The van der Waals surface area contributed by atoms with Crippen molar-refractivity contribution in [3.63, 3.8) is 0 Å². The van der Waals surface area contributed by atoms with Gasteiger partial charge in [0.1, 0.15) is 0 Å². The van der Waals surface area contributed by atoms with Crippen LogP contribution in [0.2, 0.25) is 0 Å². The molecule has 10 heavy (non-hydrogen) atoms. The zero-order valence-electron chi connectivity index (χ0n) is 8.62. The summed E-state index contributed by atoms with van der Waals surface area (Å²) in [5.74, 6) is 0. The minimum Gasteiger partial charge on any atom is -0.393 e. The van der Waals surface area contributed by atoms with Crippen molar-refractivity contribution < 1.29 is 9.22 Å². The molecule has 1 rings (SSSR count). The van der Waals surface area contributed by atoms with E-state index in [9.17, 15) is 5.11 Å². The molecule has 0 heterocycles. The Labute approximate surface area is 65.5 Å². The maximum absolute atomic E-state index is 9.28. The lowest BCUT2D eigenvalue weighted by Crippen LogP contribution is -2.03. The molecule has 0 saturated heterocycles. The molecule has 1 heteroatoms. The summed E-state index contributed by atoms with van der Waals surface area (Å²) in [6, 6.07) is 9.10. The van der Waals surface area contributed by atoms with Gasteiger partial charge in [0.25, 0.3) is 0 Å². The van der Waals surface area contributed by atoms with Crippen molar-refractivity contribution in [2.75, 3.05) is 0 Å². The second-order valence-electron chi connectivity index (χ2n) is 2.21. The molecule has 0 radical (unpaired) electrons. The summed E-state index contributed by atoms with van der Waals surface area (Å²) in [5.41, 5.74) is 0.839. The molecule has 0 aromatic heterocycles. The fourth-order valence-corrected chi connectivity index (χ4v) is 0.837. The summed E-state index contributed by atoms with van der Waals surface area (Å²) < 4.78 is 20.9. The van der Waals surface area contributed by atoms with Gasteiger partial charge in [-0.25, -0.2) is 0 Å². The Morgan fingerprint density at radius 1 is 1.50 bits per heavy atom. The number of hydrogen-bond acceptors (Lipinski definition) is 1. The van der Waals surface area contributed by atoms with Crippen LogP contribution in [0.3, 0.4) is 0 Å². The van der Waals surface area contributed by atoms with Crippen LogP contribution in [0.15, 0.2) is 30.3 Å². The zero-order chi connectivity index (χ0) is 9.90. The fraction of sp³-hybridized carbons (Fsp3) is 0.333. The van der Waals surface area contributed by atoms with E-state index in [-0.39, 0.29) is 6.42 Å². The minimum atomic E-state index is -2.28. The predicted octanol–water partition coefficient (Wildman–Crippen LogP) is 1.61. The van der Waals surface area contributed by atoms with Crippen LogP contribution < -0.4 is 0 Å². The minimum absolute atomic E-state index is 0.178. The van der Waals surface area contributed by atoms with E-state index < -0.39 is 13.0 Å². The Morgan fingerprint density at radius 2 is 2.20 bits per heavy atom. The van der Waals surface area contributed by atoms with Crippen LogP contribution >= 0.6 is 0 Å². The Balaban J connectivity index is 2.61. The van der Waals surface area contributed by atoms with E-state index in [1.807, 2.05) is 18.2 Å². The topological polar surface area (TPSA) is 20.2 Å². The first-order valence-corrected chi connectivity index (χ1v) is 3.22. The largest absolute Gasteiger partial charge is 0.393 e. The molecular formula is C9H12O. The Kier molecular flexibility index (Phi) is 1.40. The summed E-state index contributed by atoms with van der Waals surface area (Å²) in [6.07, 6.45) is -1.09. The summed E-state index contributed by atoms with van der Waals surface area (Å²) >= 11 is 0. The first-order valence-electron chi connectivity index (χ1n) is 4.72. The van der Waals surface area contributed by atoms with Gasteiger partial charge in [0.05, 0.1) is 6.10 Å². The number of aliphatic hydroxyl groups is 1. The molecule has 0 bridgehead atoms. The third-order valence-electron chi connectivity index (χ3n) is 1.27. The molecular weight excluding hydrogens is 124 g/mol. The highest BCUT2D eigenvalue weighted by molar-refractivity contribution is 5.15. The standard InChI is InChI=1S/C9H12O/c1-8(10)7-9-5-3-2-4-6-9/h2-6,8,10H,7H2,1H3/i1D3. The van der Waals surface area contributed by atoms with Gasteiger partial charge in [-0.3, -0.25) is 0 Å². The molecule has 0 fully saturated rings. The maximum Gasteiger partial charge on any atom is 0.0552 e. The molecule has 0 saturated carbocycles. The monoisotopic (exact) mass is 139 g/mol. The molecule has 0 aliphatic rings. The average Bonchev–Trinajstić information content (AvgIpc) is 2.04. The van der Waals surface area contributed by atoms with E-state index in [0.717, 1.165) is 5.56 Å². The highest BCUT2D eigenvalue weighted by atomic mass is 16.3. The van der Waals surface area contributed by atoms with E-state index in [1.165, 1.54) is 0 Å². The van der Waals surface area contributed by atoms with Gasteiger partial charge in [-0.1, -0.05) is 30.3 Å². The molecule has 1 N–H and O–H groups in total. The molecule has 1 nitrogen and oxygen atoms in total. The van der Waals surface area contributed by atoms with Crippen LogP contribution in [0.1, 0.15) is 16.5 Å². The van der Waals surface area contributed by atoms with Crippen LogP contribution in [0.25, 0.3) is 0 Å². The van der Waals surface area contributed by atoms with Crippen molar-refractivity contribution in [3.8, 4) is 0 Å². The fourth-order valence-electron chi connectivity index (χ4n) is 0.837. The van der Waals surface area contributed by atoms with Crippen molar-refractivity contribution in [2.24, 2.45) is 0 Å². The van der Waals surface area contributed by atoms with Crippen molar-refractivity contribution >= 4 is 0 Å². The second kappa shape index (κ2) is 3.37. The highest BCUT2D eigenvalue weighted by Crippen LogP contribution is 2.01. The Hall–Kier alpha value is -0.820. The smallest absolute Gasteiger partial charge is 0.0552 e. The molecule has 0 amide bonds. The zero-order valence-corrected chi connectivity index (χ0v) is 5.62. The van der Waals surface area contributed by atoms with Gasteiger partial charge in [0.15, 0.2) is 0 Å². The molecule has 1 aromatic carbocycles. The van der Waals surface area contributed by atoms with Gasteiger partial charge in [-0.15, -0.1) is 0 Å². The van der Waals surface area contributed by atoms with Crippen LogP contribution in [0.4, 0.5) is 0 Å². The van der Waals surface area contributed by atoms with E-state index in [4.69, 9.17) is 4.11 Å². The number of hydrogen-bond donors (Lipinski definition) is 1. The second-order valence-corrected chi connectivity index (χ2v) is 2.21. The van der Waals surface area contributed by atoms with Crippen molar-refractivity contribution in [1.29, 1.82) is 0 Å². The lowest BCUT2D eigenvalue weighted by Gasteiger charge is -2.01. The first-order chi connectivity index (χ1) is 6.00. The summed E-state index contributed by atoms with van der Waals surface area (Å²) in [6.45, 7) is -2.28. The van der Waals surface area contributed by atoms with Crippen molar-refractivity contribution in [1.82, 2.24) is 0 Å². The van der Waals surface area contributed by atoms with Crippen LogP contribution in [-0.4, -0.2) is 11.2 Å². The van der Waals surface area contributed by atoms with Gasteiger partial charge >= 0.3 is 0 Å². The molecule has 1 atom stereocenters. The lowest BCUT2D eigenvalue weighted by molar-refractivity contribution is 0.195. The molecule has 0 aliphatic carbocycles. The SMILES string of the molecule is [2H]C([2H])([2H])C(O)Cc1ccccc1. The Bertz CT molecular complexity index is 255. The number of benzene rings is 1.